The van der Waals surface area contributed by atoms with Crippen LogP contribution >= 0.6 is 11.8 Å². The van der Waals surface area contributed by atoms with Crippen molar-refractivity contribution < 1.29 is 95.9 Å². The Balaban J connectivity index is 0.000000158. The van der Waals surface area contributed by atoms with Gasteiger partial charge in [-0.1, -0.05) is 101 Å². The molecule has 0 amide bonds. The molecule has 0 spiro atoms. The number of methoxy groups -OCH3 is 2. The number of rotatable bonds is 19. The SMILES string of the molecule is CC.CCCCOC(=O)/C=C1/C2CCCC3(C)C(=O)O[C@H](C4OC14C(OCCCC)OCCCC)[C@H]23.COC(=O)/C=C/C12OC1[C@H]1OC(=O)C3(C)CCC[C@](C)(/C2=C/C(=O)O)[C@@H]13.COC1OC(=O)C=C2C1(SC(C)C)C(O)[C@H]1OC(=O)C3(C)CCC[C@@]2(C)[C@@H]13. The highest BCUT2D eigenvalue weighted by molar-refractivity contribution is 8.01. The lowest BCUT2D eigenvalue weighted by atomic mass is 9.47. The first kappa shape index (κ1) is 68.7. The van der Waals surface area contributed by atoms with E-state index in [0.717, 1.165) is 107 Å². The van der Waals surface area contributed by atoms with Crippen LogP contribution in [0.25, 0.3) is 0 Å². The third-order valence-electron chi connectivity index (χ3n) is 22.0. The van der Waals surface area contributed by atoms with E-state index in [4.69, 9.17) is 47.4 Å². The van der Waals surface area contributed by atoms with Crippen LogP contribution in [-0.2, 0) is 85.7 Å². The van der Waals surface area contributed by atoms with Crippen molar-refractivity contribution in [1.29, 1.82) is 0 Å². The highest BCUT2D eigenvalue weighted by Gasteiger charge is 2.81. The van der Waals surface area contributed by atoms with Crippen LogP contribution in [-0.4, -0.2) is 156 Å². The largest absolute Gasteiger partial charge is 0.478 e. The summed E-state index contributed by atoms with van der Waals surface area (Å²) in [4.78, 5) is 86.9. The number of carboxylic acid groups (broad SMARTS) is 1. The molecule has 11 unspecified atom stereocenters. The van der Waals surface area contributed by atoms with Gasteiger partial charge < -0.3 is 62.3 Å². The molecule has 496 valence electrons. The smallest absolute Gasteiger partial charge is 0.333 e. The molecule has 19 atom stereocenters. The lowest BCUT2D eigenvalue weighted by Crippen LogP contribution is -2.70. The van der Waals surface area contributed by atoms with Gasteiger partial charge in [0.05, 0.1) is 30.0 Å². The van der Waals surface area contributed by atoms with Gasteiger partial charge in [0.15, 0.2) is 11.9 Å². The number of aliphatic carboxylic acids is 1. The van der Waals surface area contributed by atoms with Gasteiger partial charge in [-0.2, -0.15) is 0 Å². The molecule has 20 nitrogen and oxygen atoms in total. The quantitative estimate of drug-likeness (QED) is 0.0304. The number of epoxide rings is 2. The van der Waals surface area contributed by atoms with Crippen molar-refractivity contribution in [2.75, 3.05) is 34.0 Å². The van der Waals surface area contributed by atoms with Crippen LogP contribution in [0.2, 0.25) is 0 Å². The minimum atomic E-state index is -1.07. The van der Waals surface area contributed by atoms with E-state index >= 15 is 0 Å². The zero-order valence-corrected chi connectivity index (χ0v) is 55.6. The van der Waals surface area contributed by atoms with Gasteiger partial charge in [-0.05, 0) is 118 Å². The molecule has 11 fully saturated rings. The van der Waals surface area contributed by atoms with Crippen molar-refractivity contribution in [1.82, 2.24) is 0 Å². The summed E-state index contributed by atoms with van der Waals surface area (Å²) in [6, 6.07) is 0. The first-order chi connectivity index (χ1) is 42.2. The fourth-order valence-electron chi connectivity index (χ4n) is 18.1. The molecule has 0 aromatic heterocycles. The summed E-state index contributed by atoms with van der Waals surface area (Å²) < 4.78 is 62.7. The number of carbonyl (C=O) groups is 7. The molecule has 12 rings (SSSR count). The predicted molar refractivity (Wildman–Crippen MR) is 325 cm³/mol. The summed E-state index contributed by atoms with van der Waals surface area (Å²) in [5.74, 6) is -3.37. The second kappa shape index (κ2) is 26.0. The second-order valence-corrected chi connectivity index (χ2v) is 29.5. The Hall–Kier alpha value is -4.64. The van der Waals surface area contributed by atoms with Crippen LogP contribution in [0.5, 0.6) is 0 Å². The molecule has 0 aromatic carbocycles. The van der Waals surface area contributed by atoms with Crippen molar-refractivity contribution in [3.63, 3.8) is 0 Å². The number of ether oxygens (including phenoxy) is 11. The third-order valence-corrected chi connectivity index (χ3v) is 23.5. The first-order valence-electron chi connectivity index (χ1n) is 32.9. The number of hydrogen-bond acceptors (Lipinski definition) is 20. The van der Waals surface area contributed by atoms with Crippen molar-refractivity contribution in [2.24, 2.45) is 50.7 Å². The molecule has 12 aliphatic rings. The molecule has 0 radical (unpaired) electrons. The predicted octanol–water partition coefficient (Wildman–Crippen LogP) is 9.79. The van der Waals surface area contributed by atoms with E-state index in [2.05, 4.69) is 32.4 Å². The number of carboxylic acids is 1. The fraction of sp³-hybridized carbons (Fsp3) is 0.779. The molecule has 89 heavy (non-hydrogen) atoms. The van der Waals surface area contributed by atoms with Gasteiger partial charge in [-0.25, -0.2) is 19.2 Å². The number of aliphatic hydroxyl groups is 1. The zero-order chi connectivity index (χ0) is 65.0. The number of carbonyl (C=O) groups excluding carboxylic acids is 6. The summed E-state index contributed by atoms with van der Waals surface area (Å²) >= 11 is 1.53. The molecule has 21 heteroatoms. The van der Waals surface area contributed by atoms with E-state index in [-0.39, 0.29) is 65.0 Å². The Labute approximate surface area is 528 Å². The van der Waals surface area contributed by atoms with Gasteiger partial charge in [0.25, 0.3) is 0 Å². The lowest BCUT2D eigenvalue weighted by Gasteiger charge is -2.61. The van der Waals surface area contributed by atoms with Crippen LogP contribution in [0.4, 0.5) is 0 Å². The Morgan fingerprint density at radius 1 is 0.685 bits per heavy atom. The van der Waals surface area contributed by atoms with Gasteiger partial charge in [0.1, 0.15) is 47.0 Å². The highest BCUT2D eigenvalue weighted by atomic mass is 32.2. The number of esters is 6. The molecule has 0 aromatic rings. The molecule has 2 N–H and O–H groups in total. The second-order valence-electron chi connectivity index (χ2n) is 27.7. The van der Waals surface area contributed by atoms with E-state index in [9.17, 15) is 43.8 Å². The minimum absolute atomic E-state index is 0.000254. The summed E-state index contributed by atoms with van der Waals surface area (Å²) in [7, 11) is 2.75. The number of unbranched alkanes of at least 4 members (excludes halogenated alkanes) is 3. The van der Waals surface area contributed by atoms with Crippen molar-refractivity contribution in [3.05, 3.63) is 47.1 Å². The number of thioether (sulfide) groups is 1. The van der Waals surface area contributed by atoms with E-state index in [0.29, 0.717) is 25.4 Å². The van der Waals surface area contributed by atoms with E-state index < -0.39 is 97.9 Å². The summed E-state index contributed by atoms with van der Waals surface area (Å²) in [6.45, 7) is 25.9. The molecule has 6 heterocycles. The van der Waals surface area contributed by atoms with Gasteiger partial charge in [0, 0.05) is 67.6 Å². The van der Waals surface area contributed by atoms with Gasteiger partial charge in [-0.15, -0.1) is 11.8 Å². The molecule has 6 aliphatic carbocycles. The minimum Gasteiger partial charge on any atom is -0.478 e. The van der Waals surface area contributed by atoms with Crippen molar-refractivity contribution in [3.8, 4) is 0 Å². The summed E-state index contributed by atoms with van der Waals surface area (Å²) in [5.41, 5.74) is -2.44. The highest BCUT2D eigenvalue weighted by Crippen LogP contribution is 2.73. The lowest BCUT2D eigenvalue weighted by molar-refractivity contribution is -0.201. The number of aliphatic hydroxyl groups excluding tert-OH is 1. The summed E-state index contributed by atoms with van der Waals surface area (Å²) in [5, 5.41) is 21.2. The van der Waals surface area contributed by atoms with Crippen LogP contribution in [0.15, 0.2) is 47.1 Å². The third kappa shape index (κ3) is 11.2. The maximum absolute atomic E-state index is 13.0. The first-order valence-corrected chi connectivity index (χ1v) is 33.8. The maximum atomic E-state index is 13.0. The molecular formula is C68H98O20S. The normalized spacial score (nSPS) is 42.7. The standard InChI is InChI=1S/C27H42O7.C20H28O6S.C19H22O7.C2H6/c1-5-8-14-30-20(28)17-19-18-12-11-13-26(4)21(18)22(33-24(26)29)23-27(19,34-23)25(31-15-9-6-2)32-16-10-7-3;1-10(2)27-20-11(9-12(21)25-17(20)24-5)18(3)7-6-8-19(4)14(18)13(15(20)22)26-16(19)23;1-17-6-4-7-18(2)14(17)13(25-16(18)23)15-19(26-15,8-5-12(22)24-3)10(17)9-11(20)21;1-2/h17-18,21-23,25H,5-16H2,1-4H3;9-10,13-15,17,22H,6-8H2,1-5H3;5,8-9,13-15H,4,6-7H2,1-3H3,(H,20,21);1-2H3/b19-17-;;8-5+,10-9-;/t18?,21-,22-,23?,26?,27?;13-,14+,15?,17?,18+,19?,20?;13-,14+,15?,17+,18?,19?;/m000./s1. The van der Waals surface area contributed by atoms with Crippen LogP contribution < -0.4 is 0 Å². The maximum Gasteiger partial charge on any atom is 0.333 e. The van der Waals surface area contributed by atoms with Crippen molar-refractivity contribution in [2.45, 2.75) is 250 Å². The van der Waals surface area contributed by atoms with Crippen molar-refractivity contribution >= 4 is 53.5 Å². The molecule has 6 saturated carbocycles. The Morgan fingerprint density at radius 2 is 1.24 bits per heavy atom. The molecular weight excluding hydrogens is 1170 g/mol. The van der Waals surface area contributed by atoms with Crippen LogP contribution in [0.3, 0.4) is 0 Å². The Kier molecular flexibility index (Phi) is 20.1. The molecule has 0 bridgehead atoms. The molecule has 5 saturated heterocycles. The van der Waals surface area contributed by atoms with Gasteiger partial charge in [-0.3, -0.25) is 14.4 Å². The molecule has 6 aliphatic heterocycles. The van der Waals surface area contributed by atoms with E-state index in [1.165, 1.54) is 38.1 Å². The number of hydrogen-bond donors (Lipinski definition) is 2. The average molecular weight is 1270 g/mol. The average Bonchev–Trinajstić information content (AvgIpc) is 1.56. The monoisotopic (exact) mass is 1270 g/mol. The zero-order valence-electron chi connectivity index (χ0n) is 54.8. The van der Waals surface area contributed by atoms with Gasteiger partial charge >= 0.3 is 41.8 Å². The fourth-order valence-corrected chi connectivity index (χ4v) is 19.9. The number of cyclic esters (lactones) is 1. The van der Waals surface area contributed by atoms with E-state index in [1.807, 2.05) is 55.4 Å². The van der Waals surface area contributed by atoms with Crippen LogP contribution in [0.1, 0.15) is 179 Å². The Morgan fingerprint density at radius 3 is 1.82 bits per heavy atom. The Bertz CT molecular complexity index is 2850. The van der Waals surface area contributed by atoms with E-state index in [1.54, 1.807) is 18.2 Å². The van der Waals surface area contributed by atoms with Gasteiger partial charge in [0.2, 0.25) is 6.29 Å². The van der Waals surface area contributed by atoms with Crippen LogP contribution in [0, 0.1) is 50.7 Å². The number of fused-ring (bicyclic) bond motifs is 6. The summed E-state index contributed by atoms with van der Waals surface area (Å²) in [6.07, 6.45) is 15.3. The topological polar surface area (TPSA) is 268 Å².